The van der Waals surface area contributed by atoms with E-state index in [1.807, 2.05) is 0 Å². The SMILES string of the molecule is C=C(Br)CNC(=O)CC12CC3CC(C1)CC(CC(=O)NCC(=C)Br)(C3)C2. The van der Waals surface area contributed by atoms with Crippen LogP contribution < -0.4 is 10.6 Å². The molecule has 144 valence electrons. The van der Waals surface area contributed by atoms with Crippen LogP contribution >= 0.6 is 31.9 Å². The third kappa shape index (κ3) is 4.80. The molecule has 4 aliphatic carbocycles. The minimum atomic E-state index is 0.0844. The molecule has 4 rings (SSSR count). The van der Waals surface area contributed by atoms with Gasteiger partial charge in [0.15, 0.2) is 0 Å². The van der Waals surface area contributed by atoms with Crippen molar-refractivity contribution >= 4 is 43.7 Å². The quantitative estimate of drug-likeness (QED) is 0.533. The van der Waals surface area contributed by atoms with E-state index in [2.05, 4.69) is 55.7 Å². The van der Waals surface area contributed by atoms with Crippen molar-refractivity contribution < 1.29 is 9.59 Å². The summed E-state index contributed by atoms with van der Waals surface area (Å²) in [4.78, 5) is 24.9. The number of carbonyl (C=O) groups is 2. The molecule has 2 N–H and O–H groups in total. The fourth-order valence-corrected chi connectivity index (χ4v) is 6.54. The second kappa shape index (κ2) is 7.78. The maximum Gasteiger partial charge on any atom is 0.220 e. The molecule has 4 fully saturated rings. The highest BCUT2D eigenvalue weighted by Crippen LogP contribution is 2.67. The predicted molar refractivity (Wildman–Crippen MR) is 111 cm³/mol. The van der Waals surface area contributed by atoms with E-state index in [1.54, 1.807) is 0 Å². The number of nitrogens with one attached hydrogen (secondary N) is 2. The predicted octanol–water partition coefficient (Wildman–Crippen LogP) is 4.40. The molecule has 4 aliphatic rings. The van der Waals surface area contributed by atoms with Crippen LogP contribution in [0.1, 0.15) is 51.4 Å². The van der Waals surface area contributed by atoms with E-state index in [-0.39, 0.29) is 22.6 Å². The lowest BCUT2D eigenvalue weighted by molar-refractivity contribution is -0.146. The van der Waals surface area contributed by atoms with Gasteiger partial charge in [-0.3, -0.25) is 9.59 Å². The van der Waals surface area contributed by atoms with E-state index >= 15 is 0 Å². The topological polar surface area (TPSA) is 58.2 Å². The summed E-state index contributed by atoms with van der Waals surface area (Å²) in [5.41, 5.74) is 0.169. The van der Waals surface area contributed by atoms with Crippen molar-refractivity contribution in [3.8, 4) is 0 Å². The van der Waals surface area contributed by atoms with E-state index in [9.17, 15) is 9.59 Å². The highest BCUT2D eigenvalue weighted by molar-refractivity contribution is 9.12. The first kappa shape index (κ1) is 20.1. The lowest BCUT2D eigenvalue weighted by Gasteiger charge is -2.62. The molecule has 26 heavy (non-hydrogen) atoms. The zero-order chi connectivity index (χ0) is 18.9. The largest absolute Gasteiger partial charge is 0.352 e. The molecule has 0 aromatic heterocycles. The van der Waals surface area contributed by atoms with Gasteiger partial charge in [0.1, 0.15) is 0 Å². The molecule has 4 saturated carbocycles. The van der Waals surface area contributed by atoms with Crippen molar-refractivity contribution in [2.45, 2.75) is 51.4 Å². The number of carbonyl (C=O) groups excluding carboxylic acids is 2. The van der Waals surface area contributed by atoms with E-state index in [4.69, 9.17) is 0 Å². The van der Waals surface area contributed by atoms with Crippen LogP contribution in [0, 0.1) is 22.7 Å². The van der Waals surface area contributed by atoms with Crippen LogP contribution in [0.25, 0.3) is 0 Å². The van der Waals surface area contributed by atoms with Crippen LogP contribution in [0.2, 0.25) is 0 Å². The Kier molecular flexibility index (Phi) is 6.02. The van der Waals surface area contributed by atoms with Crippen LogP contribution in [0.3, 0.4) is 0 Å². The zero-order valence-electron chi connectivity index (χ0n) is 15.2. The third-order valence-electron chi connectivity index (χ3n) is 6.33. The maximum atomic E-state index is 12.5. The second-order valence-corrected chi connectivity index (χ2v) is 11.1. The molecule has 0 radical (unpaired) electrons. The molecule has 0 aromatic rings. The molecule has 0 aliphatic heterocycles. The molecular weight excluding hydrogens is 460 g/mol. The van der Waals surface area contributed by atoms with Crippen LogP contribution in [0.15, 0.2) is 22.1 Å². The molecule has 4 bridgehead atoms. The summed E-state index contributed by atoms with van der Waals surface area (Å²) < 4.78 is 1.58. The van der Waals surface area contributed by atoms with Gasteiger partial charge in [0, 0.05) is 34.9 Å². The van der Waals surface area contributed by atoms with E-state index in [0.29, 0.717) is 37.8 Å². The number of halogens is 2. The first-order valence-electron chi connectivity index (χ1n) is 9.39. The summed E-state index contributed by atoms with van der Waals surface area (Å²) in [6, 6.07) is 0. The normalized spacial score (nSPS) is 34.4. The van der Waals surface area contributed by atoms with Crippen LogP contribution in [0.5, 0.6) is 0 Å². The average Bonchev–Trinajstić information content (AvgIpc) is 2.48. The van der Waals surface area contributed by atoms with Crippen LogP contribution in [-0.4, -0.2) is 24.9 Å². The standard InChI is InChI=1S/C20H28Br2N2O2/c1-13(21)10-23-17(25)8-19-4-15-3-16(5-19)7-20(6-15,12-19)9-18(26)24-11-14(2)22/h15-16H,1-12H2,(H,23,25)(H,24,26). The fourth-order valence-electron chi connectivity index (χ4n) is 6.26. The second-order valence-electron chi connectivity index (χ2n) is 8.90. The fraction of sp³-hybridized carbons (Fsp3) is 0.700. The molecule has 4 nitrogen and oxygen atoms in total. The summed E-state index contributed by atoms with van der Waals surface area (Å²) in [7, 11) is 0. The van der Waals surface area contributed by atoms with Gasteiger partial charge in [-0.05, 0) is 61.2 Å². The molecule has 0 atom stereocenters. The number of hydrogen-bond acceptors (Lipinski definition) is 2. The lowest BCUT2D eigenvalue weighted by Crippen LogP contribution is -2.54. The summed E-state index contributed by atoms with van der Waals surface area (Å²) in [6.07, 6.45) is 8.05. The van der Waals surface area contributed by atoms with Crippen molar-refractivity contribution in [3.05, 3.63) is 22.1 Å². The van der Waals surface area contributed by atoms with E-state index < -0.39 is 0 Å². The minimum absolute atomic E-state index is 0.0844. The van der Waals surface area contributed by atoms with Gasteiger partial charge in [-0.1, -0.05) is 45.0 Å². The number of amides is 2. The Bertz CT molecular complexity index is 567. The Balaban J connectivity index is 1.66. The van der Waals surface area contributed by atoms with Crippen molar-refractivity contribution in [1.29, 1.82) is 0 Å². The van der Waals surface area contributed by atoms with Crippen molar-refractivity contribution in [2.75, 3.05) is 13.1 Å². The minimum Gasteiger partial charge on any atom is -0.352 e. The van der Waals surface area contributed by atoms with Crippen molar-refractivity contribution in [2.24, 2.45) is 22.7 Å². The van der Waals surface area contributed by atoms with Gasteiger partial charge >= 0.3 is 0 Å². The van der Waals surface area contributed by atoms with Gasteiger partial charge in [-0.25, -0.2) is 0 Å². The van der Waals surface area contributed by atoms with E-state index in [0.717, 1.165) is 41.1 Å². The highest BCUT2D eigenvalue weighted by Gasteiger charge is 2.58. The molecule has 2 amide bonds. The Morgan fingerprint density at radius 2 is 1.23 bits per heavy atom. The third-order valence-corrected chi connectivity index (χ3v) is 6.89. The molecule has 0 saturated heterocycles. The first-order chi connectivity index (χ1) is 12.2. The van der Waals surface area contributed by atoms with Crippen molar-refractivity contribution in [3.63, 3.8) is 0 Å². The monoisotopic (exact) mass is 486 g/mol. The summed E-state index contributed by atoms with van der Waals surface area (Å²) in [5, 5.41) is 5.93. The summed E-state index contributed by atoms with van der Waals surface area (Å²) in [6.45, 7) is 8.51. The molecule has 0 aromatic carbocycles. The maximum absolute atomic E-state index is 12.5. The van der Waals surface area contributed by atoms with E-state index in [1.165, 1.54) is 6.42 Å². The molecule has 0 spiro atoms. The van der Waals surface area contributed by atoms with Gasteiger partial charge in [-0.15, -0.1) is 0 Å². The Morgan fingerprint density at radius 3 is 1.58 bits per heavy atom. The average molecular weight is 488 g/mol. The van der Waals surface area contributed by atoms with Gasteiger partial charge in [-0.2, -0.15) is 0 Å². The van der Waals surface area contributed by atoms with Crippen LogP contribution in [0.4, 0.5) is 0 Å². The number of hydrogen-bond donors (Lipinski definition) is 2. The Hall–Kier alpha value is -0.620. The number of rotatable bonds is 8. The molecule has 0 unspecified atom stereocenters. The van der Waals surface area contributed by atoms with Crippen molar-refractivity contribution in [1.82, 2.24) is 10.6 Å². The van der Waals surface area contributed by atoms with Gasteiger partial charge in [0.25, 0.3) is 0 Å². The highest BCUT2D eigenvalue weighted by atomic mass is 79.9. The van der Waals surface area contributed by atoms with Gasteiger partial charge < -0.3 is 10.6 Å². The Labute approximate surface area is 172 Å². The lowest BCUT2D eigenvalue weighted by atomic mass is 9.43. The van der Waals surface area contributed by atoms with Gasteiger partial charge in [0.05, 0.1) is 0 Å². The van der Waals surface area contributed by atoms with Gasteiger partial charge in [0.2, 0.25) is 11.8 Å². The first-order valence-corrected chi connectivity index (χ1v) is 11.0. The summed E-state index contributed by atoms with van der Waals surface area (Å²) in [5.74, 6) is 1.58. The smallest absolute Gasteiger partial charge is 0.220 e. The Morgan fingerprint density at radius 1 is 0.846 bits per heavy atom. The molecular formula is C20H28Br2N2O2. The zero-order valence-corrected chi connectivity index (χ0v) is 18.4. The summed E-state index contributed by atoms with van der Waals surface area (Å²) >= 11 is 6.59. The molecule has 6 heteroatoms. The van der Waals surface area contributed by atoms with Crippen LogP contribution in [-0.2, 0) is 9.59 Å². The molecule has 0 heterocycles.